The van der Waals surface area contributed by atoms with Crippen molar-refractivity contribution in [3.8, 4) is 0 Å². The first-order chi connectivity index (χ1) is 17.0. The molecular formula is C25H28N6O3S. The Kier molecular flexibility index (Phi) is 7.81. The SMILES string of the molecule is CCC(C)NC(=O)CCn1c(=O)c2ccccc2n2c(SCC(=O)NCc3ccccc3)nnc12. The summed E-state index contributed by atoms with van der Waals surface area (Å²) < 4.78 is 3.25. The zero-order valence-electron chi connectivity index (χ0n) is 19.7. The number of rotatable bonds is 10. The molecule has 2 amide bonds. The minimum atomic E-state index is -0.228. The predicted molar refractivity (Wildman–Crippen MR) is 136 cm³/mol. The Bertz CT molecular complexity index is 1400. The van der Waals surface area contributed by atoms with Gasteiger partial charge in [0.25, 0.3) is 5.56 Å². The molecule has 0 aliphatic carbocycles. The third-order valence-electron chi connectivity index (χ3n) is 5.73. The van der Waals surface area contributed by atoms with Gasteiger partial charge in [0.1, 0.15) is 0 Å². The maximum atomic E-state index is 13.2. The highest BCUT2D eigenvalue weighted by atomic mass is 32.2. The van der Waals surface area contributed by atoms with Crippen molar-refractivity contribution < 1.29 is 9.59 Å². The number of nitrogens with zero attached hydrogens (tertiary/aromatic N) is 4. The number of hydrogen-bond acceptors (Lipinski definition) is 6. The minimum absolute atomic E-state index is 0.0694. The van der Waals surface area contributed by atoms with Crippen molar-refractivity contribution in [2.24, 2.45) is 0 Å². The normalized spacial score (nSPS) is 12.1. The molecule has 0 saturated heterocycles. The Morgan fingerprint density at radius 1 is 1.03 bits per heavy atom. The van der Waals surface area contributed by atoms with Crippen LogP contribution >= 0.6 is 11.8 Å². The lowest BCUT2D eigenvalue weighted by atomic mass is 10.2. The van der Waals surface area contributed by atoms with E-state index in [2.05, 4.69) is 20.8 Å². The first-order valence-corrected chi connectivity index (χ1v) is 12.6. The summed E-state index contributed by atoms with van der Waals surface area (Å²) in [5, 5.41) is 15.3. The lowest BCUT2D eigenvalue weighted by molar-refractivity contribution is -0.122. The molecule has 4 rings (SSSR count). The van der Waals surface area contributed by atoms with Gasteiger partial charge in [-0.05, 0) is 31.0 Å². The van der Waals surface area contributed by atoms with Crippen LogP contribution < -0.4 is 16.2 Å². The van der Waals surface area contributed by atoms with Crippen LogP contribution in [0.1, 0.15) is 32.3 Å². The van der Waals surface area contributed by atoms with Crippen molar-refractivity contribution in [3.05, 3.63) is 70.5 Å². The van der Waals surface area contributed by atoms with E-state index in [1.165, 1.54) is 16.3 Å². The van der Waals surface area contributed by atoms with E-state index >= 15 is 0 Å². The lowest BCUT2D eigenvalue weighted by Gasteiger charge is -2.13. The topological polar surface area (TPSA) is 110 Å². The molecule has 0 radical (unpaired) electrons. The second-order valence-electron chi connectivity index (χ2n) is 8.27. The highest BCUT2D eigenvalue weighted by molar-refractivity contribution is 7.99. The summed E-state index contributed by atoms with van der Waals surface area (Å²) in [6.45, 7) is 4.56. The molecule has 10 heteroatoms. The quantitative estimate of drug-likeness (QED) is 0.330. The fraction of sp³-hybridized carbons (Fsp3) is 0.320. The Labute approximate surface area is 206 Å². The molecule has 0 aliphatic heterocycles. The predicted octanol–water partition coefficient (Wildman–Crippen LogP) is 2.76. The molecule has 0 spiro atoms. The molecule has 182 valence electrons. The van der Waals surface area contributed by atoms with Gasteiger partial charge in [0, 0.05) is 25.6 Å². The molecule has 0 saturated carbocycles. The molecule has 1 atom stereocenters. The molecule has 9 nitrogen and oxygen atoms in total. The number of fused-ring (bicyclic) bond motifs is 3. The van der Waals surface area contributed by atoms with Gasteiger partial charge in [-0.25, -0.2) is 0 Å². The number of para-hydroxylation sites is 1. The van der Waals surface area contributed by atoms with Crippen molar-refractivity contribution in [1.82, 2.24) is 29.8 Å². The number of carbonyl (C=O) groups is 2. The van der Waals surface area contributed by atoms with Crippen LogP contribution in [0, 0.1) is 0 Å². The molecule has 2 N–H and O–H groups in total. The number of aromatic nitrogens is 4. The van der Waals surface area contributed by atoms with Gasteiger partial charge in [-0.2, -0.15) is 0 Å². The van der Waals surface area contributed by atoms with Gasteiger partial charge >= 0.3 is 0 Å². The van der Waals surface area contributed by atoms with Gasteiger partial charge in [0.2, 0.25) is 17.6 Å². The van der Waals surface area contributed by atoms with Gasteiger partial charge in [-0.15, -0.1) is 10.2 Å². The van der Waals surface area contributed by atoms with Crippen LogP contribution in [-0.4, -0.2) is 42.8 Å². The van der Waals surface area contributed by atoms with Gasteiger partial charge in [0.05, 0.1) is 16.7 Å². The monoisotopic (exact) mass is 492 g/mol. The van der Waals surface area contributed by atoms with E-state index in [0.29, 0.717) is 28.4 Å². The van der Waals surface area contributed by atoms with Crippen LogP contribution in [0.4, 0.5) is 0 Å². The fourth-order valence-electron chi connectivity index (χ4n) is 3.67. The van der Waals surface area contributed by atoms with Gasteiger partial charge < -0.3 is 10.6 Å². The van der Waals surface area contributed by atoms with Crippen molar-refractivity contribution in [1.29, 1.82) is 0 Å². The van der Waals surface area contributed by atoms with Crippen molar-refractivity contribution in [3.63, 3.8) is 0 Å². The molecule has 2 aromatic carbocycles. The van der Waals surface area contributed by atoms with Crippen molar-refractivity contribution in [2.45, 2.75) is 51.0 Å². The van der Waals surface area contributed by atoms with Crippen LogP contribution in [0.25, 0.3) is 16.7 Å². The lowest BCUT2D eigenvalue weighted by Crippen LogP contribution is -2.33. The zero-order chi connectivity index (χ0) is 24.8. The smallest absolute Gasteiger partial charge is 0.262 e. The van der Waals surface area contributed by atoms with Gasteiger partial charge in [0.15, 0.2) is 5.16 Å². The molecule has 1 unspecified atom stereocenters. The molecule has 35 heavy (non-hydrogen) atoms. The molecule has 4 aromatic rings. The maximum absolute atomic E-state index is 13.2. The van der Waals surface area contributed by atoms with E-state index in [1.54, 1.807) is 16.5 Å². The average molecular weight is 493 g/mol. The number of amides is 2. The summed E-state index contributed by atoms with van der Waals surface area (Å²) in [6.07, 6.45) is 0.977. The molecule has 0 fully saturated rings. The first kappa shape index (κ1) is 24.5. The second-order valence-corrected chi connectivity index (χ2v) is 9.21. The molecule has 2 heterocycles. The van der Waals surface area contributed by atoms with Gasteiger partial charge in [-0.3, -0.25) is 23.4 Å². The minimum Gasteiger partial charge on any atom is -0.354 e. The fourth-order valence-corrected chi connectivity index (χ4v) is 4.44. The van der Waals surface area contributed by atoms with E-state index in [9.17, 15) is 14.4 Å². The van der Waals surface area contributed by atoms with Crippen LogP contribution in [0.15, 0.2) is 64.5 Å². The van der Waals surface area contributed by atoms with Gasteiger partial charge in [-0.1, -0.05) is 61.2 Å². The summed E-state index contributed by atoms with van der Waals surface area (Å²) in [5.41, 5.74) is 1.45. The van der Waals surface area contributed by atoms with Crippen LogP contribution in [0.3, 0.4) is 0 Å². The van der Waals surface area contributed by atoms with E-state index in [1.807, 2.05) is 56.3 Å². The zero-order valence-corrected chi connectivity index (χ0v) is 20.5. The Morgan fingerprint density at radius 2 is 1.77 bits per heavy atom. The standard InChI is InChI=1S/C25H28N6O3S/c1-3-17(2)27-21(32)13-14-30-23(34)19-11-7-8-12-20(19)31-24(30)28-29-25(31)35-16-22(33)26-15-18-9-5-4-6-10-18/h4-12,17H,3,13-16H2,1-2H3,(H,26,33)(H,27,32). The van der Waals surface area contributed by atoms with Crippen molar-refractivity contribution in [2.75, 3.05) is 5.75 Å². The summed E-state index contributed by atoms with van der Waals surface area (Å²) in [4.78, 5) is 38.0. The van der Waals surface area contributed by atoms with Crippen LogP contribution in [0.5, 0.6) is 0 Å². The summed E-state index contributed by atoms with van der Waals surface area (Å²) in [5.74, 6) is 0.243. The third-order valence-corrected chi connectivity index (χ3v) is 6.65. The summed E-state index contributed by atoms with van der Waals surface area (Å²) in [6, 6.07) is 17.0. The second kappa shape index (κ2) is 11.2. The Balaban J connectivity index is 1.56. The first-order valence-electron chi connectivity index (χ1n) is 11.6. The number of aryl methyl sites for hydroxylation is 1. The molecule has 0 bridgehead atoms. The number of hydrogen-bond donors (Lipinski definition) is 2. The highest BCUT2D eigenvalue weighted by Gasteiger charge is 2.18. The van der Waals surface area contributed by atoms with Crippen LogP contribution in [0.2, 0.25) is 0 Å². The Hall–Kier alpha value is -3.66. The molecule has 2 aromatic heterocycles. The number of carbonyl (C=O) groups excluding carboxylic acids is 2. The van der Waals surface area contributed by atoms with E-state index in [4.69, 9.17) is 0 Å². The van der Waals surface area contributed by atoms with Crippen LogP contribution in [-0.2, 0) is 22.7 Å². The molecular weight excluding hydrogens is 464 g/mol. The number of thioether (sulfide) groups is 1. The van der Waals surface area contributed by atoms with E-state index in [0.717, 1.165) is 12.0 Å². The van der Waals surface area contributed by atoms with Crippen molar-refractivity contribution >= 4 is 40.3 Å². The highest BCUT2D eigenvalue weighted by Crippen LogP contribution is 2.21. The third kappa shape index (κ3) is 5.71. The number of benzene rings is 2. The molecule has 0 aliphatic rings. The van der Waals surface area contributed by atoms with E-state index < -0.39 is 0 Å². The summed E-state index contributed by atoms with van der Waals surface area (Å²) >= 11 is 1.25. The largest absolute Gasteiger partial charge is 0.354 e. The summed E-state index contributed by atoms with van der Waals surface area (Å²) in [7, 11) is 0. The number of nitrogens with one attached hydrogen (secondary N) is 2. The average Bonchev–Trinajstić information content (AvgIpc) is 3.30. The Morgan fingerprint density at radius 3 is 2.54 bits per heavy atom. The van der Waals surface area contributed by atoms with E-state index in [-0.39, 0.29) is 42.1 Å². The maximum Gasteiger partial charge on any atom is 0.262 e.